The number of hydrogen-bond acceptors (Lipinski definition) is 6. The molecule has 0 bridgehead atoms. The van der Waals surface area contributed by atoms with Gasteiger partial charge in [0.1, 0.15) is 22.6 Å². The largest absolute Gasteiger partial charge is 0.495 e. The van der Waals surface area contributed by atoms with Gasteiger partial charge in [-0.05, 0) is 44.0 Å². The van der Waals surface area contributed by atoms with Gasteiger partial charge in [0.2, 0.25) is 15.9 Å². The van der Waals surface area contributed by atoms with Crippen molar-refractivity contribution in [1.82, 2.24) is 14.5 Å². The Hall–Kier alpha value is -2.26. The highest BCUT2D eigenvalue weighted by Gasteiger charge is 2.32. The van der Waals surface area contributed by atoms with Crippen LogP contribution in [0.25, 0.3) is 0 Å². The van der Waals surface area contributed by atoms with Crippen LogP contribution < -0.4 is 9.47 Å². The molecule has 0 spiro atoms. The lowest BCUT2D eigenvalue weighted by Gasteiger charge is -2.31. The number of halogens is 1. The van der Waals surface area contributed by atoms with Crippen molar-refractivity contribution in [2.75, 3.05) is 20.2 Å². The smallest absolute Gasteiger partial charge is 0.246 e. The molecule has 1 saturated heterocycles. The summed E-state index contributed by atoms with van der Waals surface area (Å²) in [6.07, 6.45) is 0.867. The van der Waals surface area contributed by atoms with Crippen LogP contribution in [0.3, 0.4) is 0 Å². The lowest BCUT2D eigenvalue weighted by Crippen LogP contribution is -2.41. The van der Waals surface area contributed by atoms with Crippen LogP contribution in [0.2, 0.25) is 0 Å². The Morgan fingerprint density at radius 2 is 1.88 bits per heavy atom. The molecule has 0 atom stereocenters. The number of sulfonamides is 1. The fraction of sp³-hybridized carbons (Fsp3) is 0.412. The van der Waals surface area contributed by atoms with E-state index < -0.39 is 15.8 Å². The number of hydrogen-bond donors (Lipinski definition) is 0. The Morgan fingerprint density at radius 1 is 1.15 bits per heavy atom. The van der Waals surface area contributed by atoms with E-state index in [4.69, 9.17) is 9.47 Å². The van der Waals surface area contributed by atoms with Crippen molar-refractivity contribution in [3.63, 3.8) is 0 Å². The van der Waals surface area contributed by atoms with E-state index >= 15 is 0 Å². The minimum absolute atomic E-state index is 0.125. The van der Waals surface area contributed by atoms with Crippen molar-refractivity contribution in [1.29, 1.82) is 0 Å². The fourth-order valence-corrected chi connectivity index (χ4v) is 4.44. The maximum Gasteiger partial charge on any atom is 0.246 e. The SMILES string of the molecule is COc1ccc(F)cc1S(=O)(=O)N1CCC(Oc2ccc(C)nn2)CC1. The van der Waals surface area contributed by atoms with Crippen molar-refractivity contribution in [2.24, 2.45) is 0 Å². The first-order valence-corrected chi connectivity index (χ1v) is 9.65. The van der Waals surface area contributed by atoms with Crippen molar-refractivity contribution >= 4 is 10.0 Å². The Bertz CT molecular complexity index is 866. The average Bonchev–Trinajstić information content (AvgIpc) is 2.64. The summed E-state index contributed by atoms with van der Waals surface area (Å²) in [6.45, 7) is 2.37. The van der Waals surface area contributed by atoms with Crippen LogP contribution in [0, 0.1) is 12.7 Å². The molecule has 1 aliphatic rings. The van der Waals surface area contributed by atoms with Crippen LogP contribution in [0.15, 0.2) is 35.2 Å². The average molecular weight is 381 g/mol. The van der Waals surface area contributed by atoms with Gasteiger partial charge in [-0.1, -0.05) is 0 Å². The third-order valence-corrected chi connectivity index (χ3v) is 6.13. The Balaban J connectivity index is 1.69. The second kappa shape index (κ2) is 7.55. The summed E-state index contributed by atoms with van der Waals surface area (Å²) >= 11 is 0. The first-order chi connectivity index (χ1) is 12.4. The van der Waals surface area contributed by atoms with Gasteiger partial charge in [-0.3, -0.25) is 0 Å². The summed E-state index contributed by atoms with van der Waals surface area (Å²) < 4.78 is 51.4. The third kappa shape index (κ3) is 3.94. The molecular formula is C17H20FN3O4S. The highest BCUT2D eigenvalue weighted by atomic mass is 32.2. The number of ether oxygens (including phenoxy) is 2. The van der Waals surface area contributed by atoms with E-state index in [-0.39, 0.29) is 29.8 Å². The zero-order valence-corrected chi connectivity index (χ0v) is 15.4. The molecule has 2 heterocycles. The molecule has 140 valence electrons. The zero-order chi connectivity index (χ0) is 18.7. The van der Waals surface area contributed by atoms with E-state index in [2.05, 4.69) is 10.2 Å². The molecular weight excluding hydrogens is 361 g/mol. The summed E-state index contributed by atoms with van der Waals surface area (Å²) in [6, 6.07) is 7.01. The number of aromatic nitrogens is 2. The summed E-state index contributed by atoms with van der Waals surface area (Å²) in [5, 5.41) is 7.89. The molecule has 9 heteroatoms. The predicted octanol–water partition coefficient (Wildman–Crippen LogP) is 2.16. The van der Waals surface area contributed by atoms with Gasteiger partial charge >= 0.3 is 0 Å². The predicted molar refractivity (Wildman–Crippen MR) is 92.1 cm³/mol. The monoisotopic (exact) mass is 381 g/mol. The second-order valence-corrected chi connectivity index (χ2v) is 7.94. The fourth-order valence-electron chi connectivity index (χ4n) is 2.80. The molecule has 1 aliphatic heterocycles. The Kier molecular flexibility index (Phi) is 5.38. The van der Waals surface area contributed by atoms with Crippen LogP contribution in [-0.2, 0) is 10.0 Å². The van der Waals surface area contributed by atoms with Gasteiger partial charge in [-0.15, -0.1) is 5.10 Å². The van der Waals surface area contributed by atoms with Gasteiger partial charge < -0.3 is 9.47 Å². The van der Waals surface area contributed by atoms with Crippen molar-refractivity contribution in [3.8, 4) is 11.6 Å². The highest BCUT2D eigenvalue weighted by Crippen LogP contribution is 2.29. The number of benzene rings is 1. The number of rotatable bonds is 5. The Labute approximate surface area is 151 Å². The van der Waals surface area contributed by atoms with Gasteiger partial charge in [0, 0.05) is 19.2 Å². The van der Waals surface area contributed by atoms with E-state index in [9.17, 15) is 12.8 Å². The minimum atomic E-state index is -3.84. The molecule has 0 saturated carbocycles. The van der Waals surface area contributed by atoms with Crippen LogP contribution in [0.5, 0.6) is 11.6 Å². The van der Waals surface area contributed by atoms with Gasteiger partial charge in [-0.25, -0.2) is 12.8 Å². The number of methoxy groups -OCH3 is 1. The lowest BCUT2D eigenvalue weighted by atomic mass is 10.1. The van der Waals surface area contributed by atoms with Crippen molar-refractivity contribution < 1.29 is 22.3 Å². The molecule has 0 aliphatic carbocycles. The van der Waals surface area contributed by atoms with E-state index in [1.807, 2.05) is 6.92 Å². The molecule has 3 rings (SSSR count). The molecule has 0 amide bonds. The quantitative estimate of drug-likeness (QED) is 0.790. The summed E-state index contributed by atoms with van der Waals surface area (Å²) in [5.74, 6) is -0.0797. The van der Waals surface area contributed by atoms with Crippen LogP contribution >= 0.6 is 0 Å². The van der Waals surface area contributed by atoms with E-state index in [1.54, 1.807) is 12.1 Å². The molecule has 2 aromatic rings. The van der Waals surface area contributed by atoms with Gasteiger partial charge in [0.05, 0.1) is 12.8 Å². The standard InChI is InChI=1S/C17H20FN3O4S/c1-12-3-6-17(20-19-12)25-14-7-9-21(10-8-14)26(22,23)16-11-13(18)4-5-15(16)24-2/h3-6,11,14H,7-10H2,1-2H3. The summed E-state index contributed by atoms with van der Waals surface area (Å²) in [7, 11) is -2.49. The normalized spacial score (nSPS) is 16.4. The van der Waals surface area contributed by atoms with E-state index in [0.29, 0.717) is 18.7 Å². The van der Waals surface area contributed by atoms with Gasteiger partial charge in [0.25, 0.3) is 0 Å². The van der Waals surface area contributed by atoms with Gasteiger partial charge in [-0.2, -0.15) is 9.40 Å². The van der Waals surface area contributed by atoms with E-state index in [0.717, 1.165) is 11.8 Å². The van der Waals surface area contributed by atoms with Crippen LogP contribution in [0.4, 0.5) is 4.39 Å². The molecule has 26 heavy (non-hydrogen) atoms. The first-order valence-electron chi connectivity index (χ1n) is 8.21. The van der Waals surface area contributed by atoms with Crippen LogP contribution in [-0.4, -0.2) is 49.2 Å². The third-order valence-electron chi connectivity index (χ3n) is 4.21. The van der Waals surface area contributed by atoms with Crippen molar-refractivity contribution in [3.05, 3.63) is 41.8 Å². The summed E-state index contributed by atoms with van der Waals surface area (Å²) in [4.78, 5) is -0.163. The van der Waals surface area contributed by atoms with Crippen LogP contribution in [0.1, 0.15) is 18.5 Å². The molecule has 1 aromatic carbocycles. The molecule has 1 aromatic heterocycles. The lowest BCUT2D eigenvalue weighted by molar-refractivity contribution is 0.128. The zero-order valence-electron chi connectivity index (χ0n) is 14.6. The molecule has 0 unspecified atom stereocenters. The number of piperidine rings is 1. The maximum absolute atomic E-state index is 13.5. The van der Waals surface area contributed by atoms with E-state index in [1.165, 1.54) is 23.5 Å². The topological polar surface area (TPSA) is 81.6 Å². The van der Waals surface area contributed by atoms with Crippen molar-refractivity contribution in [2.45, 2.75) is 30.8 Å². The minimum Gasteiger partial charge on any atom is -0.495 e. The number of nitrogens with zero attached hydrogens (tertiary/aromatic N) is 3. The second-order valence-electron chi connectivity index (χ2n) is 6.03. The van der Waals surface area contributed by atoms with Gasteiger partial charge in [0.15, 0.2) is 0 Å². The highest BCUT2D eigenvalue weighted by molar-refractivity contribution is 7.89. The number of aryl methyl sites for hydroxylation is 1. The molecule has 0 N–H and O–H groups in total. The molecule has 0 radical (unpaired) electrons. The molecule has 1 fully saturated rings. The Morgan fingerprint density at radius 3 is 2.50 bits per heavy atom. The maximum atomic E-state index is 13.5. The molecule has 7 nitrogen and oxygen atoms in total. The summed E-state index contributed by atoms with van der Waals surface area (Å²) in [5.41, 5.74) is 0.794. The first kappa shape index (κ1) is 18.5.